The quantitative estimate of drug-likeness (QED) is 0.746. The first-order valence-corrected chi connectivity index (χ1v) is 4.84. The van der Waals surface area contributed by atoms with E-state index in [0.717, 1.165) is 12.0 Å². The highest BCUT2D eigenvalue weighted by molar-refractivity contribution is 5.54. The van der Waals surface area contributed by atoms with Crippen molar-refractivity contribution in [2.75, 3.05) is 0 Å². The lowest BCUT2D eigenvalue weighted by Gasteiger charge is -2.00. The van der Waals surface area contributed by atoms with Crippen LogP contribution >= 0.6 is 0 Å². The van der Waals surface area contributed by atoms with Crippen molar-refractivity contribution in [3.63, 3.8) is 0 Å². The first kappa shape index (κ1) is 9.71. The zero-order valence-electron chi connectivity index (χ0n) is 8.73. The molecule has 2 aromatic rings. The molecule has 0 fully saturated rings. The third-order valence-corrected chi connectivity index (χ3v) is 2.42. The van der Waals surface area contributed by atoms with E-state index < -0.39 is 5.76 Å². The van der Waals surface area contributed by atoms with Crippen LogP contribution in [0.1, 0.15) is 12.5 Å². The van der Waals surface area contributed by atoms with Gasteiger partial charge in [-0.3, -0.25) is 9.09 Å². The van der Waals surface area contributed by atoms with Gasteiger partial charge in [-0.25, -0.2) is 4.79 Å². The predicted octanol–water partition coefficient (Wildman–Crippen LogP) is 1.60. The lowest BCUT2D eigenvalue weighted by Crippen LogP contribution is -2.10. The molecule has 2 rings (SSSR count). The van der Waals surface area contributed by atoms with E-state index >= 15 is 0 Å². The Morgan fingerprint density at radius 2 is 2.00 bits per heavy atom. The zero-order valence-corrected chi connectivity index (χ0v) is 8.73. The zero-order chi connectivity index (χ0) is 10.8. The fourth-order valence-electron chi connectivity index (χ4n) is 1.43. The van der Waals surface area contributed by atoms with Gasteiger partial charge in [-0.1, -0.05) is 36.3 Å². The van der Waals surface area contributed by atoms with Crippen LogP contribution in [0.4, 0.5) is 0 Å². The Labute approximate surface area is 87.1 Å². The molecule has 4 heteroatoms. The highest BCUT2D eigenvalue weighted by atomic mass is 16.5. The van der Waals surface area contributed by atoms with Gasteiger partial charge >= 0.3 is 5.76 Å². The van der Waals surface area contributed by atoms with Crippen LogP contribution in [0.25, 0.3) is 11.4 Å². The van der Waals surface area contributed by atoms with Crippen LogP contribution in [0.5, 0.6) is 0 Å². The van der Waals surface area contributed by atoms with Gasteiger partial charge in [0.2, 0.25) is 0 Å². The molecule has 4 nitrogen and oxygen atoms in total. The Morgan fingerprint density at radius 1 is 1.33 bits per heavy atom. The molecule has 1 aromatic carbocycles. The molecule has 0 atom stereocenters. The minimum Gasteiger partial charge on any atom is -0.295 e. The SMILES string of the molecule is CCc1ccc(-c2noc(=O)n2C)cc1. The van der Waals surface area contributed by atoms with Crippen molar-refractivity contribution >= 4 is 0 Å². The highest BCUT2D eigenvalue weighted by Gasteiger charge is 2.08. The number of hydrogen-bond donors (Lipinski definition) is 0. The lowest BCUT2D eigenvalue weighted by molar-refractivity contribution is 0.380. The fraction of sp³-hybridized carbons (Fsp3) is 0.273. The maximum absolute atomic E-state index is 11.1. The van der Waals surface area contributed by atoms with E-state index in [2.05, 4.69) is 16.6 Å². The molecule has 0 amide bonds. The highest BCUT2D eigenvalue weighted by Crippen LogP contribution is 2.15. The van der Waals surface area contributed by atoms with Crippen LogP contribution in [0, 0.1) is 0 Å². The van der Waals surface area contributed by atoms with Gasteiger partial charge < -0.3 is 0 Å². The first-order valence-electron chi connectivity index (χ1n) is 4.84. The molecule has 0 bridgehead atoms. The van der Waals surface area contributed by atoms with Crippen molar-refractivity contribution in [1.29, 1.82) is 0 Å². The lowest BCUT2D eigenvalue weighted by atomic mass is 10.1. The Hall–Kier alpha value is -1.84. The van der Waals surface area contributed by atoms with Gasteiger partial charge in [0.1, 0.15) is 0 Å². The molecule has 1 aromatic heterocycles. The van der Waals surface area contributed by atoms with Crippen molar-refractivity contribution in [1.82, 2.24) is 9.72 Å². The molecule has 0 aliphatic rings. The second kappa shape index (κ2) is 3.73. The van der Waals surface area contributed by atoms with Crippen molar-refractivity contribution in [2.24, 2.45) is 7.05 Å². The second-order valence-electron chi connectivity index (χ2n) is 3.38. The maximum Gasteiger partial charge on any atom is 0.441 e. The van der Waals surface area contributed by atoms with E-state index in [-0.39, 0.29) is 0 Å². The van der Waals surface area contributed by atoms with Gasteiger partial charge in [-0.15, -0.1) is 0 Å². The molecule has 0 unspecified atom stereocenters. The standard InChI is InChI=1S/C11H12N2O2/c1-3-8-4-6-9(7-5-8)10-12-15-11(14)13(10)2/h4-7H,3H2,1-2H3. The van der Waals surface area contributed by atoms with Gasteiger partial charge in [-0.2, -0.15) is 0 Å². The van der Waals surface area contributed by atoms with Crippen LogP contribution in [0.3, 0.4) is 0 Å². The topological polar surface area (TPSA) is 48.0 Å². The summed E-state index contributed by atoms with van der Waals surface area (Å²) < 4.78 is 5.95. The van der Waals surface area contributed by atoms with E-state index in [0.29, 0.717) is 5.82 Å². The minimum absolute atomic E-state index is 0.440. The predicted molar refractivity (Wildman–Crippen MR) is 56.6 cm³/mol. The van der Waals surface area contributed by atoms with Crippen molar-refractivity contribution in [3.05, 3.63) is 40.4 Å². The van der Waals surface area contributed by atoms with E-state index in [4.69, 9.17) is 0 Å². The Balaban J connectivity index is 2.46. The van der Waals surface area contributed by atoms with Gasteiger partial charge in [0.05, 0.1) is 0 Å². The van der Waals surface area contributed by atoms with E-state index in [1.807, 2.05) is 24.3 Å². The van der Waals surface area contributed by atoms with E-state index in [9.17, 15) is 4.79 Å². The molecule has 0 aliphatic carbocycles. The molecule has 78 valence electrons. The number of aromatic nitrogens is 2. The van der Waals surface area contributed by atoms with E-state index in [1.165, 1.54) is 10.1 Å². The van der Waals surface area contributed by atoms with Crippen LogP contribution < -0.4 is 5.76 Å². The number of nitrogens with zero attached hydrogens (tertiary/aromatic N) is 2. The normalized spacial score (nSPS) is 10.5. The summed E-state index contributed by atoms with van der Waals surface area (Å²) in [7, 11) is 1.64. The van der Waals surface area contributed by atoms with Crippen LogP contribution in [0.2, 0.25) is 0 Å². The molecule has 0 radical (unpaired) electrons. The summed E-state index contributed by atoms with van der Waals surface area (Å²) >= 11 is 0. The smallest absolute Gasteiger partial charge is 0.295 e. The summed E-state index contributed by atoms with van der Waals surface area (Å²) in [6, 6.07) is 7.93. The van der Waals surface area contributed by atoms with Crippen LogP contribution in [0.15, 0.2) is 33.6 Å². The third kappa shape index (κ3) is 1.70. The Morgan fingerprint density at radius 3 is 2.47 bits per heavy atom. The Bertz CT molecular complexity index is 508. The van der Waals surface area contributed by atoms with E-state index in [1.54, 1.807) is 7.05 Å². The molecule has 0 N–H and O–H groups in total. The maximum atomic E-state index is 11.1. The minimum atomic E-state index is -0.440. The van der Waals surface area contributed by atoms with Crippen molar-refractivity contribution in [2.45, 2.75) is 13.3 Å². The summed E-state index contributed by atoms with van der Waals surface area (Å²) in [6.45, 7) is 2.10. The first-order chi connectivity index (χ1) is 7.22. The largest absolute Gasteiger partial charge is 0.441 e. The van der Waals surface area contributed by atoms with Crippen LogP contribution in [-0.2, 0) is 13.5 Å². The number of benzene rings is 1. The Kier molecular flexibility index (Phi) is 2.41. The van der Waals surface area contributed by atoms with Crippen molar-refractivity contribution < 1.29 is 4.52 Å². The molecule has 0 saturated heterocycles. The summed E-state index contributed by atoms with van der Waals surface area (Å²) in [5.74, 6) is 0.118. The number of rotatable bonds is 2. The van der Waals surface area contributed by atoms with Gasteiger partial charge in [0.15, 0.2) is 5.82 Å². The second-order valence-corrected chi connectivity index (χ2v) is 3.38. The molecular formula is C11H12N2O2. The van der Waals surface area contributed by atoms with Gasteiger partial charge in [0, 0.05) is 12.6 Å². The summed E-state index contributed by atoms with van der Waals surface area (Å²) in [5, 5.41) is 3.72. The summed E-state index contributed by atoms with van der Waals surface area (Å²) in [4.78, 5) is 11.1. The average molecular weight is 204 g/mol. The number of aryl methyl sites for hydroxylation is 1. The molecule has 0 aliphatic heterocycles. The third-order valence-electron chi connectivity index (χ3n) is 2.42. The molecule has 0 saturated carbocycles. The fourth-order valence-corrected chi connectivity index (χ4v) is 1.43. The summed E-state index contributed by atoms with van der Waals surface area (Å²) in [5.41, 5.74) is 2.15. The monoisotopic (exact) mass is 204 g/mol. The molecule has 0 spiro atoms. The van der Waals surface area contributed by atoms with Crippen molar-refractivity contribution in [3.8, 4) is 11.4 Å². The van der Waals surface area contributed by atoms with Gasteiger partial charge in [-0.05, 0) is 12.0 Å². The average Bonchev–Trinajstić information content (AvgIpc) is 2.60. The summed E-state index contributed by atoms with van der Waals surface area (Å²) in [6.07, 6.45) is 0.998. The number of hydrogen-bond acceptors (Lipinski definition) is 3. The molecule has 15 heavy (non-hydrogen) atoms. The molecular weight excluding hydrogens is 192 g/mol. The molecule has 1 heterocycles. The van der Waals surface area contributed by atoms with Gasteiger partial charge in [0.25, 0.3) is 0 Å². The van der Waals surface area contributed by atoms with Crippen LogP contribution in [-0.4, -0.2) is 9.72 Å².